The monoisotopic (exact) mass is 207 g/mol. The lowest BCUT2D eigenvalue weighted by molar-refractivity contribution is -0.0429. The van der Waals surface area contributed by atoms with Gasteiger partial charge in [0.1, 0.15) is 0 Å². The highest BCUT2D eigenvalue weighted by Crippen LogP contribution is 2.00. The van der Waals surface area contributed by atoms with Crippen molar-refractivity contribution in [2.45, 2.75) is 67.1 Å². The van der Waals surface area contributed by atoms with Crippen molar-refractivity contribution < 1.29 is 9.57 Å². The van der Waals surface area contributed by atoms with Crippen LogP contribution in [-0.2, 0) is 9.57 Å². The summed E-state index contributed by atoms with van der Waals surface area (Å²) in [6, 6.07) is 0. The number of ether oxygens (including phenoxy) is 1. The fourth-order valence-electron chi connectivity index (χ4n) is 0.668. The molecular weight excluding hydrogens is 178 g/mol. The van der Waals surface area contributed by atoms with Crippen LogP contribution in [0.5, 0.6) is 0 Å². The molecule has 0 bridgehead atoms. The Morgan fingerprint density at radius 2 is 1.43 bits per heavy atom. The molecule has 0 fully saturated rings. The predicted octanol–water partition coefficient (Wildman–Crippen LogP) is 3.13. The molecule has 0 aromatic heterocycles. The topological polar surface area (TPSA) is 44.5 Å². The minimum atomic E-state index is 0.0972. The van der Waals surface area contributed by atoms with Gasteiger partial charge in [-0.05, 0) is 20.3 Å². The molecule has 0 aliphatic carbocycles. The van der Waals surface area contributed by atoms with E-state index in [1.807, 2.05) is 41.5 Å². The van der Waals surface area contributed by atoms with Gasteiger partial charge in [0.2, 0.25) is 0 Å². The number of hydrogen-bond acceptors (Lipinski definition) is 3. The maximum Gasteiger partial charge on any atom is 0.0938 e. The van der Waals surface area contributed by atoms with Crippen LogP contribution < -0.4 is 5.90 Å². The van der Waals surface area contributed by atoms with Crippen molar-refractivity contribution in [3.05, 3.63) is 0 Å². The predicted molar refractivity (Wildman–Crippen MR) is 63.1 cm³/mol. The van der Waals surface area contributed by atoms with E-state index in [1.54, 1.807) is 0 Å². The Kier molecular flexibility index (Phi) is 25.9. The molecule has 14 heavy (non-hydrogen) atoms. The summed E-state index contributed by atoms with van der Waals surface area (Å²) in [7, 11) is 0. The van der Waals surface area contributed by atoms with Crippen molar-refractivity contribution in [1.82, 2.24) is 0 Å². The number of rotatable bonds is 5. The zero-order chi connectivity index (χ0) is 12.0. The second kappa shape index (κ2) is 18.6. The van der Waals surface area contributed by atoms with Gasteiger partial charge in [0, 0.05) is 0 Å². The summed E-state index contributed by atoms with van der Waals surface area (Å²) in [5, 5.41) is 0. The van der Waals surface area contributed by atoms with E-state index in [0.717, 1.165) is 6.42 Å². The Balaban J connectivity index is -0.000000266. The average Bonchev–Trinajstić information content (AvgIpc) is 2.24. The molecule has 0 saturated heterocycles. The van der Waals surface area contributed by atoms with E-state index >= 15 is 0 Å². The molecule has 3 heteroatoms. The minimum absolute atomic E-state index is 0.0972. The van der Waals surface area contributed by atoms with Gasteiger partial charge in [0.15, 0.2) is 0 Å². The molecule has 2 unspecified atom stereocenters. The highest BCUT2D eigenvalue weighted by Gasteiger charge is 2.05. The van der Waals surface area contributed by atoms with Gasteiger partial charge >= 0.3 is 0 Å². The van der Waals surface area contributed by atoms with Crippen molar-refractivity contribution in [2.75, 3.05) is 6.61 Å². The van der Waals surface area contributed by atoms with Crippen LogP contribution in [0.1, 0.15) is 54.9 Å². The maximum atomic E-state index is 5.43. The molecule has 0 saturated carbocycles. The zero-order valence-electron chi connectivity index (χ0n) is 11.0. The molecule has 0 spiro atoms. The van der Waals surface area contributed by atoms with E-state index in [0.29, 0.717) is 12.7 Å². The molecule has 0 radical (unpaired) electrons. The fourth-order valence-corrected chi connectivity index (χ4v) is 0.668. The Hall–Kier alpha value is -0.120. The third-order valence-corrected chi connectivity index (χ3v) is 1.37. The first-order valence-corrected chi connectivity index (χ1v) is 5.67. The summed E-state index contributed by atoms with van der Waals surface area (Å²) >= 11 is 0. The summed E-state index contributed by atoms with van der Waals surface area (Å²) in [6.07, 6.45) is 1.42. The molecule has 0 rings (SSSR count). The summed E-state index contributed by atoms with van der Waals surface area (Å²) in [5.41, 5.74) is 0. The fraction of sp³-hybridized carbons (Fsp3) is 1.00. The highest BCUT2D eigenvalue weighted by molar-refractivity contribution is 4.51. The molecule has 3 nitrogen and oxygen atoms in total. The lowest BCUT2D eigenvalue weighted by Gasteiger charge is -2.16. The largest absolute Gasteiger partial charge is 0.373 e. The number of hydrogen-bond donors (Lipinski definition) is 1. The summed E-state index contributed by atoms with van der Waals surface area (Å²) in [5.74, 6) is 4.87. The van der Waals surface area contributed by atoms with Crippen LogP contribution in [0.25, 0.3) is 0 Å². The highest BCUT2D eigenvalue weighted by atomic mass is 16.6. The van der Waals surface area contributed by atoms with E-state index in [9.17, 15) is 0 Å². The standard InChI is InChI=1S/C7H17NO2.2C2H6/c1-4-6(2)10-7(3)5-9-8;2*1-2/h6-7H,4-5,8H2,1-3H3;2*1-2H3. The molecule has 2 N–H and O–H groups in total. The second-order valence-corrected chi connectivity index (χ2v) is 2.50. The van der Waals surface area contributed by atoms with Gasteiger partial charge in [0.25, 0.3) is 0 Å². The van der Waals surface area contributed by atoms with Crippen LogP contribution in [0.15, 0.2) is 0 Å². The van der Waals surface area contributed by atoms with Crippen molar-refractivity contribution in [2.24, 2.45) is 5.90 Å². The minimum Gasteiger partial charge on any atom is -0.373 e. The van der Waals surface area contributed by atoms with Crippen LogP contribution >= 0.6 is 0 Å². The van der Waals surface area contributed by atoms with E-state index in [-0.39, 0.29) is 6.10 Å². The Morgan fingerprint density at radius 1 is 1.00 bits per heavy atom. The molecule has 0 amide bonds. The van der Waals surface area contributed by atoms with Gasteiger partial charge in [-0.2, -0.15) is 0 Å². The van der Waals surface area contributed by atoms with Crippen LogP contribution in [0.2, 0.25) is 0 Å². The van der Waals surface area contributed by atoms with E-state index in [4.69, 9.17) is 10.6 Å². The molecule has 0 heterocycles. The molecule has 0 aromatic carbocycles. The first kappa shape index (κ1) is 19.5. The van der Waals surface area contributed by atoms with E-state index < -0.39 is 0 Å². The van der Waals surface area contributed by atoms with E-state index in [2.05, 4.69) is 11.8 Å². The van der Waals surface area contributed by atoms with E-state index in [1.165, 1.54) is 0 Å². The summed E-state index contributed by atoms with van der Waals surface area (Å²) < 4.78 is 5.43. The maximum absolute atomic E-state index is 5.43. The molecule has 0 aliphatic rings. The third kappa shape index (κ3) is 17.8. The van der Waals surface area contributed by atoms with Crippen LogP contribution in [0, 0.1) is 0 Å². The lowest BCUT2D eigenvalue weighted by Crippen LogP contribution is -2.22. The van der Waals surface area contributed by atoms with Gasteiger partial charge in [-0.25, -0.2) is 5.90 Å². The van der Waals surface area contributed by atoms with Gasteiger partial charge in [-0.15, -0.1) is 0 Å². The Morgan fingerprint density at radius 3 is 1.71 bits per heavy atom. The first-order valence-electron chi connectivity index (χ1n) is 5.67. The van der Waals surface area contributed by atoms with Crippen molar-refractivity contribution in [3.8, 4) is 0 Å². The first-order chi connectivity index (χ1) is 6.70. The van der Waals surface area contributed by atoms with Crippen molar-refractivity contribution in [3.63, 3.8) is 0 Å². The van der Waals surface area contributed by atoms with Crippen molar-refractivity contribution in [1.29, 1.82) is 0 Å². The van der Waals surface area contributed by atoms with Gasteiger partial charge < -0.3 is 9.57 Å². The Labute approximate surface area is 89.9 Å². The normalized spacial score (nSPS) is 12.9. The molecular formula is C11H29NO2. The quantitative estimate of drug-likeness (QED) is 0.704. The van der Waals surface area contributed by atoms with Crippen LogP contribution in [0.3, 0.4) is 0 Å². The lowest BCUT2D eigenvalue weighted by atomic mass is 10.3. The van der Waals surface area contributed by atoms with Gasteiger partial charge in [-0.3, -0.25) is 0 Å². The molecule has 2 atom stereocenters. The van der Waals surface area contributed by atoms with Crippen LogP contribution in [0.4, 0.5) is 0 Å². The summed E-state index contributed by atoms with van der Waals surface area (Å²) in [4.78, 5) is 4.42. The average molecular weight is 207 g/mol. The molecule has 90 valence electrons. The van der Waals surface area contributed by atoms with Gasteiger partial charge in [0.05, 0.1) is 18.8 Å². The number of nitrogens with two attached hydrogens (primary N) is 1. The Bertz CT molecular complexity index is 79.7. The second-order valence-electron chi connectivity index (χ2n) is 2.50. The van der Waals surface area contributed by atoms with Crippen molar-refractivity contribution >= 4 is 0 Å². The summed E-state index contributed by atoms with van der Waals surface area (Å²) in [6.45, 7) is 14.5. The third-order valence-electron chi connectivity index (χ3n) is 1.37. The smallest absolute Gasteiger partial charge is 0.0938 e. The molecule has 0 aromatic rings. The molecule has 0 aliphatic heterocycles. The zero-order valence-corrected chi connectivity index (χ0v) is 11.0. The SMILES string of the molecule is CC.CC.CCC(C)OC(C)CON. The van der Waals surface area contributed by atoms with Gasteiger partial charge in [-0.1, -0.05) is 34.6 Å². The van der Waals surface area contributed by atoms with Crippen LogP contribution in [-0.4, -0.2) is 18.8 Å².